The summed E-state index contributed by atoms with van der Waals surface area (Å²) in [6, 6.07) is 0. The van der Waals surface area contributed by atoms with Crippen molar-refractivity contribution in [2.45, 2.75) is 136 Å². The second kappa shape index (κ2) is 9.81. The van der Waals surface area contributed by atoms with Gasteiger partial charge in [0.2, 0.25) is 8.32 Å². The van der Waals surface area contributed by atoms with Gasteiger partial charge in [0.25, 0.3) is 5.97 Å². The Morgan fingerprint density at radius 2 is 1.62 bits per heavy atom. The highest BCUT2D eigenvalue weighted by atomic mass is 28.4. The van der Waals surface area contributed by atoms with E-state index in [9.17, 15) is 4.79 Å². The number of hydrogen-bond donors (Lipinski definition) is 0. The summed E-state index contributed by atoms with van der Waals surface area (Å²) in [6.45, 7) is 25.7. The molecule has 1 spiro atoms. The molecule has 0 bridgehead atoms. The first kappa shape index (κ1) is 31.0. The Balaban J connectivity index is 1.34. The normalized spacial score (nSPS) is 45.6. The predicted octanol–water partition coefficient (Wildman–Crippen LogP) is 9.58. The van der Waals surface area contributed by atoms with E-state index < -0.39 is 21.4 Å². The summed E-state index contributed by atoms with van der Waals surface area (Å²) in [7, 11) is -1.79. The van der Waals surface area contributed by atoms with Crippen LogP contribution in [0, 0.1) is 57.7 Å². The van der Waals surface area contributed by atoms with Crippen LogP contribution in [-0.4, -0.2) is 35.6 Å². The molecule has 40 heavy (non-hydrogen) atoms. The molecule has 5 heteroatoms. The van der Waals surface area contributed by atoms with E-state index in [0.29, 0.717) is 28.3 Å². The Morgan fingerprint density at radius 3 is 2.20 bits per heavy atom. The fourth-order valence-electron chi connectivity index (χ4n) is 11.7. The lowest BCUT2D eigenvalue weighted by molar-refractivity contribution is -0.160. The van der Waals surface area contributed by atoms with Gasteiger partial charge in [0.05, 0.1) is 19.2 Å². The molecule has 1 unspecified atom stereocenters. The summed E-state index contributed by atoms with van der Waals surface area (Å²) < 4.78 is 12.5. The quantitative estimate of drug-likeness (QED) is 0.210. The summed E-state index contributed by atoms with van der Waals surface area (Å²) in [4.78, 5) is 13.6. The van der Waals surface area contributed by atoms with Crippen LogP contribution in [-0.2, 0) is 14.0 Å². The van der Waals surface area contributed by atoms with Crippen LogP contribution in [0.1, 0.15) is 86.0 Å². The lowest BCUT2D eigenvalue weighted by atomic mass is 9.45. The van der Waals surface area contributed by atoms with Crippen LogP contribution < -0.4 is 0 Å². The maximum Gasteiger partial charge on any atom is 0.296 e. The number of rotatable bonds is 8. The predicted molar refractivity (Wildman–Crippen MR) is 172 cm³/mol. The van der Waals surface area contributed by atoms with E-state index in [4.69, 9.17) is 9.16 Å². The van der Waals surface area contributed by atoms with Crippen LogP contribution in [0.25, 0.3) is 0 Å². The molecule has 5 aliphatic rings. The van der Waals surface area contributed by atoms with Gasteiger partial charge in [-0.1, -0.05) is 66.4 Å². The van der Waals surface area contributed by atoms with Crippen LogP contribution >= 0.6 is 0 Å². The molecule has 5 saturated carbocycles. The molecule has 5 aliphatic carbocycles. The van der Waals surface area contributed by atoms with E-state index in [1.807, 2.05) is 7.11 Å². The SMILES string of the molecule is CO[C@@H]1C[C@H]2[C@@H]3CC[C@H]([C@H](C)/C=C/[C@@H](C)C(C)(C(=O)O[Si](C)(C)C)[Si](C)(C)C)[C@@]3(C)CC[C@@H]2[C@@]2(C)CC[C@@H]3C[C@]312. The molecule has 0 aromatic carbocycles. The minimum Gasteiger partial charge on any atom is -0.520 e. The summed E-state index contributed by atoms with van der Waals surface area (Å²) in [5, 5.41) is -0.422. The monoisotopic (exact) mass is 586 g/mol. The highest BCUT2D eigenvalue weighted by Crippen LogP contribution is 2.82. The third-order valence-electron chi connectivity index (χ3n) is 14.5. The Kier molecular flexibility index (Phi) is 7.61. The topological polar surface area (TPSA) is 35.5 Å². The highest BCUT2D eigenvalue weighted by molar-refractivity contribution is 6.83. The van der Waals surface area contributed by atoms with Crippen molar-refractivity contribution in [2.75, 3.05) is 7.11 Å². The van der Waals surface area contributed by atoms with E-state index in [0.717, 1.165) is 29.6 Å². The largest absolute Gasteiger partial charge is 0.520 e. The minimum atomic E-state index is -1.95. The zero-order valence-corrected chi connectivity index (χ0v) is 30.2. The second-order valence-electron chi connectivity index (χ2n) is 17.9. The van der Waals surface area contributed by atoms with Crippen molar-refractivity contribution >= 4 is 22.4 Å². The molecule has 5 fully saturated rings. The van der Waals surface area contributed by atoms with E-state index in [2.05, 4.69) is 86.1 Å². The van der Waals surface area contributed by atoms with Gasteiger partial charge >= 0.3 is 0 Å². The van der Waals surface area contributed by atoms with E-state index >= 15 is 0 Å². The first-order chi connectivity index (χ1) is 18.4. The van der Waals surface area contributed by atoms with E-state index in [-0.39, 0.29) is 11.9 Å². The van der Waals surface area contributed by atoms with E-state index in [1.54, 1.807) is 0 Å². The number of ether oxygens (including phenoxy) is 1. The molecular weight excluding hydrogens is 525 g/mol. The van der Waals surface area contributed by atoms with Crippen LogP contribution in [0.3, 0.4) is 0 Å². The smallest absolute Gasteiger partial charge is 0.296 e. The molecule has 0 N–H and O–H groups in total. The Bertz CT molecular complexity index is 1030. The molecule has 228 valence electrons. The first-order valence-electron chi connectivity index (χ1n) is 16.8. The molecule has 0 aliphatic heterocycles. The minimum absolute atomic E-state index is 0.0444. The van der Waals surface area contributed by atoms with Gasteiger partial charge in [0.1, 0.15) is 0 Å². The molecule has 12 atom stereocenters. The molecular formula is C35H62O3Si2. The first-order valence-corrected chi connectivity index (χ1v) is 23.7. The molecule has 0 saturated heterocycles. The summed E-state index contributed by atoms with van der Waals surface area (Å²) in [6.07, 6.45) is 16.6. The number of carbonyl (C=O) groups excluding carboxylic acids is 1. The Hall–Kier alpha value is -0.396. The van der Waals surface area contributed by atoms with Gasteiger partial charge in [-0.25, -0.2) is 0 Å². The number of allylic oxidation sites excluding steroid dienone is 2. The molecule has 0 radical (unpaired) electrons. The lowest BCUT2D eigenvalue weighted by Gasteiger charge is -2.61. The standard InChI is InChI=1S/C35H62O3Si2/c1-23(13-14-24(2)34(5,39(7,8)9)31(36)38-40(10,11)12)27-15-16-28-26-21-30(37-6)35-22-25(35)17-20-33(35,4)29(26)18-19-32(27,28)3/h13-14,23-30H,15-22H2,1-12H3/b14-13+/t23-,24-,25-,26+,27-,28+,29+,30-,32-,33-,34?,35+/m1/s1. The van der Waals surface area contributed by atoms with Crippen LogP contribution in [0.15, 0.2) is 12.2 Å². The molecule has 0 aromatic heterocycles. The average Bonchev–Trinajstić information content (AvgIpc) is 3.35. The van der Waals surface area contributed by atoms with Crippen molar-refractivity contribution < 1.29 is 14.0 Å². The third-order valence-corrected chi connectivity index (χ3v) is 19.1. The zero-order valence-electron chi connectivity index (χ0n) is 28.2. The van der Waals surface area contributed by atoms with Gasteiger partial charge in [-0.2, -0.15) is 0 Å². The molecule has 3 nitrogen and oxygen atoms in total. The Labute approximate surface area is 249 Å². The van der Waals surface area contributed by atoms with Crippen molar-refractivity contribution in [3.63, 3.8) is 0 Å². The number of hydrogen-bond acceptors (Lipinski definition) is 3. The number of fused-ring (bicyclic) bond motifs is 4. The highest BCUT2D eigenvalue weighted by Gasteiger charge is 2.77. The van der Waals surface area contributed by atoms with Crippen LogP contribution in [0.5, 0.6) is 0 Å². The van der Waals surface area contributed by atoms with Gasteiger partial charge in [0.15, 0.2) is 0 Å². The van der Waals surface area contributed by atoms with Crippen molar-refractivity contribution in [1.29, 1.82) is 0 Å². The van der Waals surface area contributed by atoms with Crippen molar-refractivity contribution in [3.8, 4) is 0 Å². The summed E-state index contributed by atoms with van der Waals surface area (Å²) in [5.74, 6) is 5.03. The molecule has 0 aromatic rings. The zero-order chi connectivity index (χ0) is 29.7. The van der Waals surface area contributed by atoms with Crippen molar-refractivity contribution in [2.24, 2.45) is 57.7 Å². The van der Waals surface area contributed by atoms with Crippen molar-refractivity contribution in [1.82, 2.24) is 0 Å². The molecule has 5 rings (SSSR count). The fraction of sp³-hybridized carbons (Fsp3) is 0.914. The van der Waals surface area contributed by atoms with Crippen molar-refractivity contribution in [3.05, 3.63) is 12.2 Å². The second-order valence-corrected chi connectivity index (χ2v) is 27.9. The lowest BCUT2D eigenvalue weighted by Crippen LogP contribution is -2.57. The van der Waals surface area contributed by atoms with Crippen LogP contribution in [0.2, 0.25) is 44.3 Å². The maximum atomic E-state index is 13.6. The van der Waals surface area contributed by atoms with Gasteiger partial charge in [-0.3, -0.25) is 4.79 Å². The van der Waals surface area contributed by atoms with Crippen LogP contribution in [0.4, 0.5) is 0 Å². The van der Waals surface area contributed by atoms with E-state index in [1.165, 1.54) is 51.4 Å². The number of methoxy groups -OCH3 is 1. The molecule has 0 amide bonds. The van der Waals surface area contributed by atoms with Gasteiger partial charge in [-0.15, -0.1) is 0 Å². The summed E-state index contributed by atoms with van der Waals surface area (Å²) in [5.41, 5.74) is 1.45. The number of carbonyl (C=O) groups is 1. The van der Waals surface area contributed by atoms with Gasteiger partial charge in [-0.05, 0) is 123 Å². The average molecular weight is 587 g/mol. The molecule has 0 heterocycles. The third kappa shape index (κ3) is 4.35. The fourth-order valence-corrected chi connectivity index (χ4v) is 14.7. The summed E-state index contributed by atoms with van der Waals surface area (Å²) >= 11 is 0. The van der Waals surface area contributed by atoms with Gasteiger partial charge in [0, 0.05) is 12.5 Å². The van der Waals surface area contributed by atoms with Gasteiger partial charge < -0.3 is 9.16 Å². The maximum absolute atomic E-state index is 13.6. The Morgan fingerprint density at radius 1 is 0.950 bits per heavy atom.